The molecule has 0 heterocycles. The normalized spacial score (nSPS) is 9.29. The molecule has 0 aromatic rings. The fourth-order valence-corrected chi connectivity index (χ4v) is 0.715. The second kappa shape index (κ2) is 7.06. The lowest BCUT2D eigenvalue weighted by atomic mass is 10.3. The molecule has 0 aromatic heterocycles. The van der Waals surface area contributed by atoms with Gasteiger partial charge in [0.15, 0.2) is 0 Å². The summed E-state index contributed by atoms with van der Waals surface area (Å²) < 4.78 is 9.29. The van der Waals surface area contributed by atoms with E-state index in [0.717, 1.165) is 0 Å². The first-order valence-electron chi connectivity index (χ1n) is 4.31. The number of carbonyl (C=O) groups is 3. The largest absolute Gasteiger partial charge is 0.466 e. The van der Waals surface area contributed by atoms with Gasteiger partial charge in [0.05, 0.1) is 13.2 Å². The van der Waals surface area contributed by atoms with Crippen molar-refractivity contribution in [2.45, 2.75) is 26.7 Å². The van der Waals surface area contributed by atoms with Gasteiger partial charge in [0.25, 0.3) is 0 Å². The zero-order chi connectivity index (χ0) is 11.0. The number of hydrogen-bond acceptors (Lipinski definition) is 5. The quantitative estimate of drug-likeness (QED) is 0.355. The highest BCUT2D eigenvalue weighted by Crippen LogP contribution is 1.91. The highest BCUT2D eigenvalue weighted by Gasteiger charge is 2.05. The second-order valence-electron chi connectivity index (χ2n) is 2.79. The Bertz CT molecular complexity index is 221. The van der Waals surface area contributed by atoms with E-state index in [9.17, 15) is 14.4 Å². The number of rotatable bonds is 6. The van der Waals surface area contributed by atoms with Gasteiger partial charge in [-0.15, -0.1) is 0 Å². The monoisotopic (exact) mass is 202 g/mol. The highest BCUT2D eigenvalue weighted by molar-refractivity contribution is 5.94. The van der Waals surface area contributed by atoms with Crippen LogP contribution in [0, 0.1) is 0 Å². The van der Waals surface area contributed by atoms with Crippen LogP contribution in [0.1, 0.15) is 26.7 Å². The maximum absolute atomic E-state index is 10.8. The SMILES string of the molecule is CC(=O)CC(=O)OCCCOC(C)=O. The van der Waals surface area contributed by atoms with Crippen molar-refractivity contribution >= 4 is 17.7 Å². The van der Waals surface area contributed by atoms with Crippen LogP contribution in [0.25, 0.3) is 0 Å². The molecule has 0 amide bonds. The lowest BCUT2D eigenvalue weighted by Crippen LogP contribution is -2.11. The van der Waals surface area contributed by atoms with Gasteiger partial charge in [0, 0.05) is 13.3 Å². The topological polar surface area (TPSA) is 69.7 Å². The van der Waals surface area contributed by atoms with Gasteiger partial charge in [-0.25, -0.2) is 0 Å². The van der Waals surface area contributed by atoms with Gasteiger partial charge < -0.3 is 9.47 Å². The fourth-order valence-electron chi connectivity index (χ4n) is 0.715. The summed E-state index contributed by atoms with van der Waals surface area (Å²) in [5.41, 5.74) is 0. The number of ether oxygens (including phenoxy) is 2. The number of hydrogen-bond donors (Lipinski definition) is 0. The van der Waals surface area contributed by atoms with Crippen molar-refractivity contribution in [1.29, 1.82) is 0 Å². The molecule has 0 aliphatic carbocycles. The Kier molecular flexibility index (Phi) is 6.36. The third kappa shape index (κ3) is 8.70. The first-order valence-corrected chi connectivity index (χ1v) is 4.31. The highest BCUT2D eigenvalue weighted by atomic mass is 16.5. The third-order valence-corrected chi connectivity index (χ3v) is 1.25. The second-order valence-corrected chi connectivity index (χ2v) is 2.79. The van der Waals surface area contributed by atoms with Crippen LogP contribution >= 0.6 is 0 Å². The molecule has 5 heteroatoms. The van der Waals surface area contributed by atoms with E-state index >= 15 is 0 Å². The Morgan fingerprint density at radius 3 is 2.07 bits per heavy atom. The molecule has 0 unspecified atom stereocenters. The summed E-state index contributed by atoms with van der Waals surface area (Å²) in [6.07, 6.45) is 0.247. The number of carbonyl (C=O) groups excluding carboxylic acids is 3. The van der Waals surface area contributed by atoms with Crippen LogP contribution in [-0.4, -0.2) is 30.9 Å². The van der Waals surface area contributed by atoms with E-state index in [2.05, 4.69) is 9.47 Å². The summed E-state index contributed by atoms with van der Waals surface area (Å²) in [5, 5.41) is 0. The fraction of sp³-hybridized carbons (Fsp3) is 0.667. The number of esters is 2. The van der Waals surface area contributed by atoms with Gasteiger partial charge in [-0.3, -0.25) is 14.4 Å². The zero-order valence-corrected chi connectivity index (χ0v) is 8.37. The molecule has 0 aliphatic rings. The zero-order valence-electron chi connectivity index (χ0n) is 8.37. The molecule has 0 saturated carbocycles. The molecule has 0 fully saturated rings. The third-order valence-electron chi connectivity index (χ3n) is 1.25. The van der Waals surface area contributed by atoms with Crippen LogP contribution in [-0.2, 0) is 23.9 Å². The minimum Gasteiger partial charge on any atom is -0.466 e. The van der Waals surface area contributed by atoms with Gasteiger partial charge in [-0.1, -0.05) is 0 Å². The minimum absolute atomic E-state index is 0.166. The Hall–Kier alpha value is -1.39. The summed E-state index contributed by atoms with van der Waals surface area (Å²) in [6.45, 7) is 3.02. The molecule has 0 aromatic carbocycles. The first-order chi connectivity index (χ1) is 6.52. The van der Waals surface area contributed by atoms with Gasteiger partial charge >= 0.3 is 11.9 Å². The molecule has 80 valence electrons. The predicted molar refractivity (Wildman–Crippen MR) is 47.5 cm³/mol. The molecule has 0 rings (SSSR count). The van der Waals surface area contributed by atoms with E-state index in [0.29, 0.717) is 6.42 Å². The Labute approximate surface area is 82.4 Å². The van der Waals surface area contributed by atoms with Crippen molar-refractivity contribution in [3.8, 4) is 0 Å². The first kappa shape index (κ1) is 12.6. The molecular weight excluding hydrogens is 188 g/mol. The summed E-state index contributed by atoms with van der Waals surface area (Å²) >= 11 is 0. The molecule has 5 nitrogen and oxygen atoms in total. The van der Waals surface area contributed by atoms with E-state index in [1.54, 1.807) is 0 Å². The molecular formula is C9H14O5. The number of ketones is 1. The predicted octanol–water partition coefficient (Wildman–Crippen LogP) is 0.462. The van der Waals surface area contributed by atoms with E-state index in [1.165, 1.54) is 13.8 Å². The van der Waals surface area contributed by atoms with Crippen molar-refractivity contribution in [3.63, 3.8) is 0 Å². The van der Waals surface area contributed by atoms with E-state index < -0.39 is 5.97 Å². The smallest absolute Gasteiger partial charge is 0.313 e. The van der Waals surface area contributed by atoms with Crippen molar-refractivity contribution < 1.29 is 23.9 Å². The van der Waals surface area contributed by atoms with Crippen molar-refractivity contribution in [2.24, 2.45) is 0 Å². The van der Waals surface area contributed by atoms with E-state index in [4.69, 9.17) is 0 Å². The maximum Gasteiger partial charge on any atom is 0.313 e. The Morgan fingerprint density at radius 2 is 1.57 bits per heavy atom. The molecule has 0 spiro atoms. The Balaban J connectivity index is 3.32. The van der Waals surface area contributed by atoms with E-state index in [-0.39, 0.29) is 31.4 Å². The van der Waals surface area contributed by atoms with Crippen LogP contribution in [0.3, 0.4) is 0 Å². The molecule has 0 aliphatic heterocycles. The molecule has 0 saturated heterocycles. The Morgan fingerprint density at radius 1 is 1.00 bits per heavy atom. The average Bonchev–Trinajstić information content (AvgIpc) is 2.01. The van der Waals surface area contributed by atoms with Crippen molar-refractivity contribution in [2.75, 3.05) is 13.2 Å². The molecule has 0 bridgehead atoms. The lowest BCUT2D eigenvalue weighted by Gasteiger charge is -2.03. The van der Waals surface area contributed by atoms with Crippen LogP contribution < -0.4 is 0 Å². The standard InChI is InChI=1S/C9H14O5/c1-7(10)6-9(12)14-5-3-4-13-8(2)11/h3-6H2,1-2H3. The summed E-state index contributed by atoms with van der Waals surface area (Å²) in [5.74, 6) is -1.13. The molecule has 0 radical (unpaired) electrons. The molecule has 0 atom stereocenters. The number of Topliss-reactive ketones (excluding diaryl/α,β-unsaturated/α-hetero) is 1. The molecule has 0 N–H and O–H groups in total. The van der Waals surface area contributed by atoms with Gasteiger partial charge in [0.2, 0.25) is 0 Å². The summed E-state index contributed by atoms with van der Waals surface area (Å²) in [7, 11) is 0. The maximum atomic E-state index is 10.8. The summed E-state index contributed by atoms with van der Waals surface area (Å²) in [4.78, 5) is 31.6. The van der Waals surface area contributed by atoms with Crippen molar-refractivity contribution in [1.82, 2.24) is 0 Å². The van der Waals surface area contributed by atoms with Crippen LogP contribution in [0.15, 0.2) is 0 Å². The summed E-state index contributed by atoms with van der Waals surface area (Å²) in [6, 6.07) is 0. The van der Waals surface area contributed by atoms with Gasteiger partial charge in [0.1, 0.15) is 12.2 Å². The van der Waals surface area contributed by atoms with Crippen LogP contribution in [0.2, 0.25) is 0 Å². The minimum atomic E-state index is -0.541. The van der Waals surface area contributed by atoms with Gasteiger partial charge in [-0.2, -0.15) is 0 Å². The van der Waals surface area contributed by atoms with Gasteiger partial charge in [-0.05, 0) is 6.92 Å². The van der Waals surface area contributed by atoms with Crippen molar-refractivity contribution in [3.05, 3.63) is 0 Å². The van der Waals surface area contributed by atoms with E-state index in [1.807, 2.05) is 0 Å². The molecule has 14 heavy (non-hydrogen) atoms. The lowest BCUT2D eigenvalue weighted by molar-refractivity contribution is -0.146. The van der Waals surface area contributed by atoms with Crippen LogP contribution in [0.5, 0.6) is 0 Å². The average molecular weight is 202 g/mol. The van der Waals surface area contributed by atoms with Crippen LogP contribution in [0.4, 0.5) is 0 Å².